The van der Waals surface area contributed by atoms with Crippen LogP contribution in [-0.2, 0) is 36.8 Å². The van der Waals surface area contributed by atoms with E-state index in [1.54, 1.807) is 54.6 Å². The van der Waals surface area contributed by atoms with Gasteiger partial charge >= 0.3 is 5.97 Å². The Morgan fingerprint density at radius 2 is 0.956 bits per heavy atom. The van der Waals surface area contributed by atoms with Crippen LogP contribution in [0.3, 0.4) is 0 Å². The molecule has 12 heteroatoms. The van der Waals surface area contributed by atoms with Crippen molar-refractivity contribution in [1.82, 2.24) is 21.3 Å². The number of rotatable bonds is 18. The number of nitrogens with one attached hydrogen (secondary N) is 4. The van der Waals surface area contributed by atoms with Gasteiger partial charge < -0.3 is 37.2 Å². The molecule has 0 fully saturated rings. The first-order chi connectivity index (χ1) is 21.3. The van der Waals surface area contributed by atoms with Gasteiger partial charge in [0.2, 0.25) is 23.6 Å². The summed E-state index contributed by atoms with van der Waals surface area (Å²) >= 11 is 0. The SMILES string of the molecule is CC(C)C[C@H](NC(=O)[C@H](CC(C)C)NC(=O)[C@H](Cc1ccccc1)NC(=O)[C@@H](N)CO)C(=O)N[C@@H](Cc1ccccc1)C(=O)O. The van der Waals surface area contributed by atoms with Gasteiger partial charge in [0.15, 0.2) is 0 Å². The highest BCUT2D eigenvalue weighted by molar-refractivity contribution is 5.95. The van der Waals surface area contributed by atoms with E-state index in [1.807, 2.05) is 33.8 Å². The summed E-state index contributed by atoms with van der Waals surface area (Å²) in [5, 5.41) is 29.7. The van der Waals surface area contributed by atoms with Crippen molar-refractivity contribution in [3.05, 3.63) is 71.8 Å². The Balaban J connectivity index is 2.25. The van der Waals surface area contributed by atoms with Gasteiger partial charge in [-0.2, -0.15) is 0 Å². The predicted molar refractivity (Wildman–Crippen MR) is 170 cm³/mol. The van der Waals surface area contributed by atoms with E-state index in [2.05, 4.69) is 21.3 Å². The highest BCUT2D eigenvalue weighted by Crippen LogP contribution is 2.12. The van der Waals surface area contributed by atoms with Crippen LogP contribution in [0.1, 0.15) is 51.7 Å². The molecule has 0 aliphatic heterocycles. The highest BCUT2D eigenvalue weighted by Gasteiger charge is 2.32. The van der Waals surface area contributed by atoms with Crippen LogP contribution in [-0.4, -0.2) is 76.6 Å². The number of carboxylic acid groups (broad SMARTS) is 1. The smallest absolute Gasteiger partial charge is 0.326 e. The average molecular weight is 626 g/mol. The summed E-state index contributed by atoms with van der Waals surface area (Å²) in [6, 6.07) is 12.1. The number of aliphatic hydroxyl groups excluding tert-OH is 1. The first-order valence-corrected chi connectivity index (χ1v) is 15.2. The quantitative estimate of drug-likeness (QED) is 0.127. The number of aliphatic carboxylic acids is 1. The van der Waals surface area contributed by atoms with E-state index in [9.17, 15) is 34.2 Å². The van der Waals surface area contributed by atoms with Crippen molar-refractivity contribution in [2.45, 2.75) is 83.6 Å². The Kier molecular flexibility index (Phi) is 15.2. The van der Waals surface area contributed by atoms with Crippen LogP contribution in [0, 0.1) is 11.8 Å². The summed E-state index contributed by atoms with van der Waals surface area (Å²) < 4.78 is 0. The Morgan fingerprint density at radius 1 is 0.600 bits per heavy atom. The van der Waals surface area contributed by atoms with E-state index in [0.717, 1.165) is 11.1 Å². The normalized spacial score (nSPS) is 14.5. The summed E-state index contributed by atoms with van der Waals surface area (Å²) in [5.74, 6) is -3.91. The van der Waals surface area contributed by atoms with E-state index in [4.69, 9.17) is 5.73 Å². The number of benzene rings is 2. The topological polar surface area (TPSA) is 200 Å². The van der Waals surface area contributed by atoms with Crippen LogP contribution >= 0.6 is 0 Å². The molecule has 0 aromatic heterocycles. The van der Waals surface area contributed by atoms with Crippen molar-refractivity contribution < 1.29 is 34.2 Å². The van der Waals surface area contributed by atoms with Gasteiger partial charge in [-0.25, -0.2) is 4.79 Å². The van der Waals surface area contributed by atoms with Crippen molar-refractivity contribution in [1.29, 1.82) is 0 Å². The molecule has 0 bridgehead atoms. The molecule has 5 atom stereocenters. The molecule has 12 nitrogen and oxygen atoms in total. The summed E-state index contributed by atoms with van der Waals surface area (Å²) in [4.78, 5) is 65.0. The lowest BCUT2D eigenvalue weighted by atomic mass is 9.98. The number of hydrogen-bond acceptors (Lipinski definition) is 7. The molecule has 0 unspecified atom stereocenters. The monoisotopic (exact) mass is 625 g/mol. The van der Waals surface area contributed by atoms with Crippen LogP contribution < -0.4 is 27.0 Å². The summed E-state index contributed by atoms with van der Waals surface area (Å²) in [6.45, 7) is 6.86. The number of hydrogen-bond donors (Lipinski definition) is 7. The van der Waals surface area contributed by atoms with Gasteiger partial charge in [-0.05, 0) is 35.8 Å². The zero-order valence-electron chi connectivity index (χ0n) is 26.4. The first kappa shape index (κ1) is 36.9. The third-order valence-electron chi connectivity index (χ3n) is 7.03. The molecule has 2 aromatic rings. The van der Waals surface area contributed by atoms with Gasteiger partial charge in [0.05, 0.1) is 6.61 Å². The van der Waals surface area contributed by atoms with Gasteiger partial charge in [-0.15, -0.1) is 0 Å². The van der Waals surface area contributed by atoms with Crippen LogP contribution in [0.5, 0.6) is 0 Å². The second-order valence-electron chi connectivity index (χ2n) is 12.0. The summed E-state index contributed by atoms with van der Waals surface area (Å²) in [6.07, 6.45) is 0.610. The second-order valence-corrected chi connectivity index (χ2v) is 12.0. The van der Waals surface area contributed by atoms with E-state index in [1.165, 1.54) is 0 Å². The van der Waals surface area contributed by atoms with Crippen molar-refractivity contribution in [2.24, 2.45) is 17.6 Å². The van der Waals surface area contributed by atoms with Crippen LogP contribution in [0.2, 0.25) is 0 Å². The zero-order valence-corrected chi connectivity index (χ0v) is 26.4. The van der Waals surface area contributed by atoms with Gasteiger partial charge in [-0.1, -0.05) is 88.4 Å². The zero-order chi connectivity index (χ0) is 33.5. The largest absolute Gasteiger partial charge is 0.480 e. The number of amides is 4. The van der Waals surface area contributed by atoms with E-state index in [-0.39, 0.29) is 37.5 Å². The molecule has 8 N–H and O–H groups in total. The van der Waals surface area contributed by atoms with Gasteiger partial charge in [0.25, 0.3) is 0 Å². The Morgan fingerprint density at radius 3 is 1.33 bits per heavy atom. The lowest BCUT2D eigenvalue weighted by molar-refractivity contribution is -0.142. The standard InChI is InChI=1S/C33H47N5O7/c1-20(2)15-25(37-32(43)27(35-29(40)24(34)19-39)17-22-11-7-5-8-12-22)30(41)36-26(16-21(3)4)31(42)38-28(33(44)45)18-23-13-9-6-10-14-23/h5-14,20-21,24-28,39H,15-19,34H2,1-4H3,(H,35,40)(H,36,41)(H,37,43)(H,38,42)(H,44,45)/t24-,25-,26-,27-,28-/m0/s1. The number of carboxylic acids is 1. The molecule has 2 aromatic carbocycles. The number of carbonyl (C=O) groups excluding carboxylic acids is 4. The molecular weight excluding hydrogens is 578 g/mol. The Hall–Kier alpha value is -4.29. The number of aliphatic hydroxyl groups is 1. The predicted octanol–water partition coefficient (Wildman–Crippen LogP) is 0.907. The van der Waals surface area contributed by atoms with Crippen molar-refractivity contribution in [3.8, 4) is 0 Å². The van der Waals surface area contributed by atoms with E-state index < -0.39 is 66.4 Å². The lowest BCUT2D eigenvalue weighted by Crippen LogP contribution is -2.59. The molecule has 4 amide bonds. The highest BCUT2D eigenvalue weighted by atomic mass is 16.4. The molecule has 246 valence electrons. The number of carbonyl (C=O) groups is 5. The molecule has 0 spiro atoms. The van der Waals surface area contributed by atoms with Crippen LogP contribution in [0.4, 0.5) is 0 Å². The number of nitrogens with two attached hydrogens (primary N) is 1. The van der Waals surface area contributed by atoms with E-state index in [0.29, 0.717) is 0 Å². The summed E-state index contributed by atoms with van der Waals surface area (Å²) in [5.41, 5.74) is 7.14. The van der Waals surface area contributed by atoms with Gasteiger partial charge in [-0.3, -0.25) is 19.2 Å². The van der Waals surface area contributed by atoms with Crippen LogP contribution in [0.15, 0.2) is 60.7 Å². The third kappa shape index (κ3) is 13.1. The van der Waals surface area contributed by atoms with Crippen LogP contribution in [0.25, 0.3) is 0 Å². The molecule has 0 saturated heterocycles. The van der Waals surface area contributed by atoms with Gasteiger partial charge in [0, 0.05) is 12.8 Å². The average Bonchev–Trinajstić information content (AvgIpc) is 2.99. The first-order valence-electron chi connectivity index (χ1n) is 15.2. The molecule has 0 saturated carbocycles. The molecule has 45 heavy (non-hydrogen) atoms. The maximum Gasteiger partial charge on any atom is 0.326 e. The fourth-order valence-corrected chi connectivity index (χ4v) is 4.69. The maximum absolute atomic E-state index is 13.6. The molecular formula is C33H47N5O7. The molecule has 0 radical (unpaired) electrons. The minimum absolute atomic E-state index is 0.0298. The second kappa shape index (κ2) is 18.5. The Labute approximate surface area is 264 Å². The Bertz CT molecular complexity index is 1260. The molecule has 0 aliphatic carbocycles. The van der Waals surface area contributed by atoms with E-state index >= 15 is 0 Å². The minimum Gasteiger partial charge on any atom is -0.480 e. The maximum atomic E-state index is 13.6. The van der Waals surface area contributed by atoms with Crippen molar-refractivity contribution in [3.63, 3.8) is 0 Å². The minimum atomic E-state index is -1.24. The molecule has 0 aliphatic rings. The fourth-order valence-electron chi connectivity index (χ4n) is 4.69. The molecule has 2 rings (SSSR count). The molecule has 0 heterocycles. The summed E-state index contributed by atoms with van der Waals surface area (Å²) in [7, 11) is 0. The fraction of sp³-hybridized carbons (Fsp3) is 0.485. The van der Waals surface area contributed by atoms with Crippen molar-refractivity contribution in [2.75, 3.05) is 6.61 Å². The van der Waals surface area contributed by atoms with Gasteiger partial charge in [0.1, 0.15) is 30.2 Å². The van der Waals surface area contributed by atoms with Crippen molar-refractivity contribution >= 4 is 29.6 Å². The lowest BCUT2D eigenvalue weighted by Gasteiger charge is -2.28. The third-order valence-corrected chi connectivity index (χ3v) is 7.03.